The molecule has 35 heavy (non-hydrogen) atoms. The molecule has 4 heterocycles. The monoisotopic (exact) mass is 475 g/mol. The van der Waals surface area contributed by atoms with Crippen LogP contribution in [-0.2, 0) is 25.3 Å². The molecule has 0 radical (unpaired) electrons. The van der Waals surface area contributed by atoms with Gasteiger partial charge in [-0.2, -0.15) is 19.7 Å². The first-order chi connectivity index (χ1) is 17.0. The maximum atomic E-state index is 13.5. The van der Waals surface area contributed by atoms with Crippen LogP contribution in [0.2, 0.25) is 0 Å². The van der Waals surface area contributed by atoms with Crippen molar-refractivity contribution in [1.29, 1.82) is 0 Å². The summed E-state index contributed by atoms with van der Waals surface area (Å²) in [6.07, 6.45) is 6.28. The number of aryl methyl sites for hydroxylation is 3. The molecule has 1 saturated heterocycles. The molecular formula is C25H29N7O3. The summed E-state index contributed by atoms with van der Waals surface area (Å²) in [5, 5.41) is 4.19. The lowest BCUT2D eigenvalue weighted by Crippen LogP contribution is -2.37. The highest BCUT2D eigenvalue weighted by molar-refractivity contribution is 5.63. The van der Waals surface area contributed by atoms with Crippen LogP contribution in [0.25, 0.3) is 16.9 Å². The van der Waals surface area contributed by atoms with Crippen molar-refractivity contribution in [3.63, 3.8) is 0 Å². The highest BCUT2D eigenvalue weighted by Gasteiger charge is 2.20. The molecule has 10 nitrogen and oxygen atoms in total. The smallest absolute Gasteiger partial charge is 0.320 e. The molecule has 0 saturated carbocycles. The average Bonchev–Trinajstić information content (AvgIpc) is 3.41. The lowest BCUT2D eigenvalue weighted by molar-refractivity contribution is 0.122. The van der Waals surface area contributed by atoms with Gasteiger partial charge in [0.1, 0.15) is 5.82 Å². The topological polar surface area (TPSA) is 92.2 Å². The number of aromatic nitrogens is 6. The van der Waals surface area contributed by atoms with Crippen LogP contribution >= 0.6 is 0 Å². The highest BCUT2D eigenvalue weighted by atomic mass is 16.5. The Kier molecular flexibility index (Phi) is 6.37. The van der Waals surface area contributed by atoms with E-state index in [4.69, 9.17) is 9.47 Å². The van der Waals surface area contributed by atoms with Crippen LogP contribution in [0.1, 0.15) is 11.1 Å². The van der Waals surface area contributed by atoms with Crippen LogP contribution in [0, 0.1) is 6.92 Å². The molecular weight excluding hydrogens is 446 g/mol. The Balaban J connectivity index is 1.50. The molecule has 0 unspecified atom stereocenters. The molecule has 0 N–H and O–H groups in total. The highest BCUT2D eigenvalue weighted by Crippen LogP contribution is 2.22. The van der Waals surface area contributed by atoms with Crippen LogP contribution in [0.4, 0.5) is 5.82 Å². The van der Waals surface area contributed by atoms with Gasteiger partial charge in [0.25, 0.3) is 5.56 Å². The van der Waals surface area contributed by atoms with Gasteiger partial charge in [-0.05, 0) is 18.1 Å². The van der Waals surface area contributed by atoms with Gasteiger partial charge in [0.2, 0.25) is 0 Å². The van der Waals surface area contributed by atoms with Gasteiger partial charge in [-0.3, -0.25) is 14.2 Å². The normalized spacial score (nSPS) is 13.9. The van der Waals surface area contributed by atoms with Gasteiger partial charge >= 0.3 is 6.01 Å². The van der Waals surface area contributed by atoms with E-state index >= 15 is 0 Å². The predicted molar refractivity (Wildman–Crippen MR) is 132 cm³/mol. The summed E-state index contributed by atoms with van der Waals surface area (Å²) in [6.45, 7) is 5.08. The third-order valence-corrected chi connectivity index (χ3v) is 5.99. The van der Waals surface area contributed by atoms with Crippen LogP contribution in [-0.4, -0.2) is 62.0 Å². The third-order valence-electron chi connectivity index (χ3n) is 5.99. The maximum absolute atomic E-state index is 13.5. The first kappa shape index (κ1) is 22.9. The summed E-state index contributed by atoms with van der Waals surface area (Å²) in [5.74, 6) is 1.17. The second kappa shape index (κ2) is 9.75. The minimum absolute atomic E-state index is 0.147. The Morgan fingerprint density at radius 3 is 2.60 bits per heavy atom. The minimum atomic E-state index is -0.147. The molecule has 1 aliphatic rings. The summed E-state index contributed by atoms with van der Waals surface area (Å²) >= 11 is 0. The summed E-state index contributed by atoms with van der Waals surface area (Å²) in [6, 6.07) is 9.99. The van der Waals surface area contributed by atoms with E-state index in [1.165, 1.54) is 0 Å². The molecule has 1 aromatic carbocycles. The molecule has 0 amide bonds. The summed E-state index contributed by atoms with van der Waals surface area (Å²) < 4.78 is 16.5. The fourth-order valence-electron chi connectivity index (χ4n) is 4.22. The number of hydrogen-bond acceptors (Lipinski definition) is 7. The third kappa shape index (κ3) is 4.97. The van der Waals surface area contributed by atoms with E-state index in [0.29, 0.717) is 56.5 Å². The first-order valence-corrected chi connectivity index (χ1v) is 11.7. The molecule has 5 rings (SSSR count). The molecule has 0 aliphatic carbocycles. The SMILES string of the molecule is Cc1cccc(-c2cn(C)n(-c3cc(N4CCOCC4)nc(OCCc4cnn(C)c4)n3)c2=O)c1. The van der Waals surface area contributed by atoms with Gasteiger partial charge in [-0.25, -0.2) is 0 Å². The zero-order valence-electron chi connectivity index (χ0n) is 20.2. The number of nitrogens with zero attached hydrogens (tertiary/aromatic N) is 7. The van der Waals surface area contributed by atoms with E-state index in [1.807, 2.05) is 69.9 Å². The number of rotatable bonds is 7. The van der Waals surface area contributed by atoms with Crippen molar-refractivity contribution in [1.82, 2.24) is 29.1 Å². The van der Waals surface area contributed by atoms with Crippen molar-refractivity contribution in [3.8, 4) is 23.0 Å². The number of hydrogen-bond donors (Lipinski definition) is 0. The molecule has 4 aromatic rings. The summed E-state index contributed by atoms with van der Waals surface area (Å²) in [7, 11) is 3.72. The van der Waals surface area contributed by atoms with E-state index in [1.54, 1.807) is 14.0 Å². The van der Waals surface area contributed by atoms with Crippen molar-refractivity contribution in [2.75, 3.05) is 37.8 Å². The maximum Gasteiger partial charge on any atom is 0.320 e. The first-order valence-electron chi connectivity index (χ1n) is 11.7. The molecule has 10 heteroatoms. The molecule has 3 aromatic heterocycles. The van der Waals surface area contributed by atoms with Gasteiger partial charge in [0.15, 0.2) is 5.82 Å². The van der Waals surface area contributed by atoms with Crippen LogP contribution in [0.15, 0.2) is 53.7 Å². The van der Waals surface area contributed by atoms with Crippen molar-refractivity contribution in [3.05, 3.63) is 70.4 Å². The second-order valence-electron chi connectivity index (χ2n) is 8.69. The largest absolute Gasteiger partial charge is 0.463 e. The molecule has 1 fully saturated rings. The number of ether oxygens (including phenoxy) is 2. The van der Waals surface area contributed by atoms with E-state index in [9.17, 15) is 4.79 Å². The van der Waals surface area contributed by atoms with Crippen molar-refractivity contribution >= 4 is 5.82 Å². The summed E-state index contributed by atoms with van der Waals surface area (Å²) in [4.78, 5) is 24.9. The van der Waals surface area contributed by atoms with Gasteiger partial charge in [0.05, 0.1) is 31.6 Å². The minimum Gasteiger partial charge on any atom is -0.463 e. The molecule has 182 valence electrons. The Morgan fingerprint density at radius 2 is 1.86 bits per heavy atom. The van der Waals surface area contributed by atoms with Crippen LogP contribution in [0.5, 0.6) is 6.01 Å². The zero-order chi connectivity index (χ0) is 24.4. The lowest BCUT2D eigenvalue weighted by Gasteiger charge is -2.28. The van der Waals surface area contributed by atoms with Crippen molar-refractivity contribution in [2.24, 2.45) is 14.1 Å². The van der Waals surface area contributed by atoms with Gasteiger partial charge < -0.3 is 14.4 Å². The number of anilines is 1. The average molecular weight is 476 g/mol. The molecule has 0 spiro atoms. The molecule has 1 aliphatic heterocycles. The van der Waals surface area contributed by atoms with Crippen LogP contribution < -0.4 is 15.2 Å². The quantitative estimate of drug-likeness (QED) is 0.404. The fourth-order valence-corrected chi connectivity index (χ4v) is 4.22. The number of morpholine rings is 1. The Bertz CT molecular complexity index is 1380. The number of benzene rings is 1. The van der Waals surface area contributed by atoms with Crippen molar-refractivity contribution in [2.45, 2.75) is 13.3 Å². The van der Waals surface area contributed by atoms with E-state index in [0.717, 1.165) is 16.7 Å². The van der Waals surface area contributed by atoms with E-state index in [-0.39, 0.29) is 11.6 Å². The van der Waals surface area contributed by atoms with Crippen molar-refractivity contribution < 1.29 is 9.47 Å². The Morgan fingerprint density at radius 1 is 1.06 bits per heavy atom. The Hall–Kier alpha value is -3.92. The fraction of sp³-hybridized carbons (Fsp3) is 0.360. The molecule has 0 atom stereocenters. The van der Waals surface area contributed by atoms with Gasteiger partial charge in [0, 0.05) is 52.1 Å². The van der Waals surface area contributed by atoms with Crippen LogP contribution in [0.3, 0.4) is 0 Å². The standard InChI is InChI=1S/C25H29N7O3/c1-18-5-4-6-20(13-18)21-17-30(3)32(24(21)33)23-14-22(31-8-11-34-12-9-31)27-25(28-23)35-10-7-19-15-26-29(2)16-19/h4-6,13-17H,7-12H2,1-3H3. The zero-order valence-corrected chi connectivity index (χ0v) is 20.2. The summed E-state index contributed by atoms with van der Waals surface area (Å²) in [5.41, 5.74) is 3.50. The molecule has 0 bridgehead atoms. The van der Waals surface area contributed by atoms with Gasteiger partial charge in [-0.15, -0.1) is 0 Å². The Labute approximate surface area is 203 Å². The van der Waals surface area contributed by atoms with E-state index in [2.05, 4.69) is 20.0 Å². The second-order valence-corrected chi connectivity index (χ2v) is 8.69. The van der Waals surface area contributed by atoms with Gasteiger partial charge in [-0.1, -0.05) is 29.8 Å². The lowest BCUT2D eigenvalue weighted by atomic mass is 10.1. The van der Waals surface area contributed by atoms with E-state index < -0.39 is 0 Å². The predicted octanol–water partition coefficient (Wildman–Crippen LogP) is 2.13.